The molecule has 2 aromatic rings. The van der Waals surface area contributed by atoms with Gasteiger partial charge >= 0.3 is 6.09 Å². The summed E-state index contributed by atoms with van der Waals surface area (Å²) in [6.45, 7) is 0. The van der Waals surface area contributed by atoms with Crippen molar-refractivity contribution < 1.29 is 65.2 Å². The minimum absolute atomic E-state index is 0.0714. The average Bonchev–Trinajstić information content (AvgIpc) is 3.41. The summed E-state index contributed by atoms with van der Waals surface area (Å²) in [6.07, 6.45) is -0.854. The maximum atomic E-state index is 15.2. The summed E-state index contributed by atoms with van der Waals surface area (Å²) in [4.78, 5) is 62.1. The van der Waals surface area contributed by atoms with Crippen molar-refractivity contribution in [3.8, 4) is 17.2 Å². The Labute approximate surface area is 276 Å². The number of allylic oxidation sites excluding steroid dienone is 2. The fourth-order valence-electron chi connectivity index (χ4n) is 7.29. The number of phenolic OH excluding ortho intramolecular Hbond substituents is 1. The van der Waals surface area contributed by atoms with Gasteiger partial charge in [-0.3, -0.25) is 19.2 Å². The quantitative estimate of drug-likeness (QED) is 0.121. The van der Waals surface area contributed by atoms with E-state index in [4.69, 9.17) is 32.7 Å². The molecule has 48 heavy (non-hydrogen) atoms. The van der Waals surface area contributed by atoms with Crippen molar-refractivity contribution >= 4 is 58.6 Å². The summed E-state index contributed by atoms with van der Waals surface area (Å²) in [5, 5.41) is 10.6. The topological polar surface area (TPSA) is 140 Å². The Kier molecular flexibility index (Phi) is 7.70. The van der Waals surface area contributed by atoms with Gasteiger partial charge in [0.25, 0.3) is 11.8 Å². The van der Waals surface area contributed by atoms with Crippen LogP contribution in [0.1, 0.15) is 24.3 Å². The molecule has 2 saturated heterocycles. The van der Waals surface area contributed by atoms with Gasteiger partial charge in [0.05, 0.1) is 33.2 Å². The van der Waals surface area contributed by atoms with Gasteiger partial charge in [0.1, 0.15) is 5.69 Å². The first-order chi connectivity index (χ1) is 22.5. The molecular weight excluding hydrogens is 698 g/mol. The number of nitrogens with zero attached hydrogens (tertiary/aromatic N) is 2. The Hall–Kier alpha value is -4.44. The monoisotopic (exact) mass is 718 g/mol. The molecule has 2 aromatic carbocycles. The van der Waals surface area contributed by atoms with E-state index in [0.29, 0.717) is 0 Å². The molecule has 5 amide bonds. The molecule has 0 aromatic heterocycles. The molecule has 11 nitrogen and oxygen atoms in total. The normalized spacial score (nSPS) is 29.4. The first-order valence-corrected chi connectivity index (χ1v) is 14.7. The van der Waals surface area contributed by atoms with E-state index >= 15 is 8.78 Å². The van der Waals surface area contributed by atoms with Crippen LogP contribution < -0.4 is 14.4 Å². The second-order valence-corrected chi connectivity index (χ2v) is 12.7. The minimum Gasteiger partial charge on any atom is -0.502 e. The number of benzene rings is 2. The number of amides is 5. The number of ether oxygens (including phenoxy) is 3. The molecule has 6 unspecified atom stereocenters. The summed E-state index contributed by atoms with van der Waals surface area (Å²) < 4.78 is 88.0. The number of alkyl halides is 2. The molecule has 18 heteroatoms. The molecule has 3 fully saturated rings. The summed E-state index contributed by atoms with van der Waals surface area (Å²) >= 11 is 14.1. The highest BCUT2D eigenvalue weighted by atomic mass is 35.5. The van der Waals surface area contributed by atoms with Crippen LogP contribution in [0.25, 0.3) is 0 Å². The lowest BCUT2D eigenvalue weighted by Crippen LogP contribution is -2.60. The number of carbonyl (C=O) groups excluding carboxylic acids is 5. The number of methoxy groups -OCH3 is 3. The SMILES string of the molecule is COC(=O)N1C(=O)C2CC=C3C(CC4(Cl)C(=O)N(c5c(F)c(F)c(F)c(F)c5F)C(=O)C4(Cl)C3c3cc(OC)c(O)c(OC)c3)C2C1=O. The van der Waals surface area contributed by atoms with Gasteiger partial charge in [-0.25, -0.2) is 31.6 Å². The number of carbonyl (C=O) groups is 5. The Morgan fingerprint density at radius 1 is 0.854 bits per heavy atom. The molecule has 254 valence electrons. The highest BCUT2D eigenvalue weighted by Crippen LogP contribution is 2.66. The number of halogens is 7. The van der Waals surface area contributed by atoms with E-state index in [1.165, 1.54) is 18.2 Å². The van der Waals surface area contributed by atoms with E-state index in [-0.39, 0.29) is 38.9 Å². The molecule has 2 aliphatic carbocycles. The average molecular weight is 719 g/mol. The zero-order valence-corrected chi connectivity index (χ0v) is 26.2. The second-order valence-electron chi connectivity index (χ2n) is 11.4. The Balaban J connectivity index is 1.63. The van der Waals surface area contributed by atoms with Gasteiger partial charge < -0.3 is 19.3 Å². The van der Waals surface area contributed by atoms with E-state index in [2.05, 4.69) is 4.74 Å². The van der Waals surface area contributed by atoms with Crippen molar-refractivity contribution in [3.05, 3.63) is 58.4 Å². The van der Waals surface area contributed by atoms with E-state index in [1.807, 2.05) is 0 Å². The maximum Gasteiger partial charge on any atom is 0.423 e. The van der Waals surface area contributed by atoms with Gasteiger partial charge in [0.2, 0.25) is 23.4 Å². The third-order valence-corrected chi connectivity index (χ3v) is 10.8. The summed E-state index contributed by atoms with van der Waals surface area (Å²) in [7, 11) is 3.26. The maximum absolute atomic E-state index is 15.2. The first-order valence-electron chi connectivity index (χ1n) is 13.9. The highest BCUT2D eigenvalue weighted by Gasteiger charge is 2.77. The predicted molar refractivity (Wildman–Crippen MR) is 152 cm³/mol. The fraction of sp³-hybridized carbons (Fsp3) is 0.367. The number of aromatic hydroxyl groups is 1. The van der Waals surface area contributed by atoms with Crippen LogP contribution in [0.15, 0.2) is 23.8 Å². The van der Waals surface area contributed by atoms with Gasteiger partial charge in [0.15, 0.2) is 44.5 Å². The minimum atomic E-state index is -2.82. The lowest BCUT2D eigenvalue weighted by atomic mass is 9.56. The summed E-state index contributed by atoms with van der Waals surface area (Å²) in [5.74, 6) is -24.4. The van der Waals surface area contributed by atoms with Crippen LogP contribution in [0.5, 0.6) is 17.2 Å². The number of hydrogen-bond donors (Lipinski definition) is 1. The fourth-order valence-corrected chi connectivity index (χ4v) is 8.23. The van der Waals surface area contributed by atoms with E-state index in [9.17, 15) is 42.3 Å². The van der Waals surface area contributed by atoms with Gasteiger partial charge in [-0.15, -0.1) is 23.2 Å². The predicted octanol–water partition coefficient (Wildman–Crippen LogP) is 4.43. The first kappa shape index (κ1) is 33.5. The van der Waals surface area contributed by atoms with Gasteiger partial charge in [-0.1, -0.05) is 11.6 Å². The van der Waals surface area contributed by atoms with Crippen LogP contribution >= 0.6 is 23.2 Å². The summed E-state index contributed by atoms with van der Waals surface area (Å²) in [6, 6.07) is 2.33. The van der Waals surface area contributed by atoms with Crippen LogP contribution in [0.4, 0.5) is 32.4 Å². The van der Waals surface area contributed by atoms with Gasteiger partial charge in [-0.2, -0.15) is 4.90 Å². The Morgan fingerprint density at radius 2 is 1.40 bits per heavy atom. The number of hydrogen-bond acceptors (Lipinski definition) is 9. The molecule has 2 aliphatic heterocycles. The molecular formula is C30H21Cl2F5N2O9. The third-order valence-electron chi connectivity index (χ3n) is 9.41. The molecule has 0 spiro atoms. The third kappa shape index (κ3) is 4.01. The van der Waals surface area contributed by atoms with Crippen molar-refractivity contribution in [1.29, 1.82) is 0 Å². The lowest BCUT2D eigenvalue weighted by molar-refractivity contribution is -0.138. The zero-order chi connectivity index (χ0) is 35.4. The molecule has 2 heterocycles. The molecule has 4 aliphatic rings. The number of phenols is 1. The van der Waals surface area contributed by atoms with E-state index in [0.717, 1.165) is 21.3 Å². The van der Waals surface area contributed by atoms with Crippen molar-refractivity contribution in [2.75, 3.05) is 26.2 Å². The Bertz CT molecular complexity index is 1860. The summed E-state index contributed by atoms with van der Waals surface area (Å²) in [5.41, 5.74) is -1.90. The van der Waals surface area contributed by atoms with Crippen molar-refractivity contribution in [2.45, 2.75) is 28.5 Å². The van der Waals surface area contributed by atoms with E-state index in [1.54, 1.807) is 0 Å². The lowest BCUT2D eigenvalue weighted by Gasteiger charge is -2.50. The van der Waals surface area contributed by atoms with Crippen LogP contribution in [-0.4, -0.2) is 70.8 Å². The van der Waals surface area contributed by atoms with Crippen LogP contribution in [0.3, 0.4) is 0 Å². The van der Waals surface area contributed by atoms with Crippen LogP contribution in [0.2, 0.25) is 0 Å². The number of rotatable bonds is 4. The largest absolute Gasteiger partial charge is 0.502 e. The van der Waals surface area contributed by atoms with Crippen molar-refractivity contribution in [2.24, 2.45) is 17.8 Å². The Morgan fingerprint density at radius 3 is 1.92 bits per heavy atom. The smallest absolute Gasteiger partial charge is 0.423 e. The molecule has 0 bridgehead atoms. The molecule has 0 radical (unpaired) electrons. The zero-order valence-electron chi connectivity index (χ0n) is 24.7. The van der Waals surface area contributed by atoms with Crippen molar-refractivity contribution in [1.82, 2.24) is 4.90 Å². The van der Waals surface area contributed by atoms with Crippen LogP contribution in [-0.2, 0) is 23.9 Å². The standard InChI is InChI=1S/C30H21Cl2F5N2O9/c1-46-13-6-9(7-14(47-2)23(13)40)16-10-4-5-11-15(25(42)39(24(11)41)28(45)48-3)12(10)8-29(31)26(43)38(27(44)30(16,29)32)22-20(36)18(34)17(33)19(35)21(22)37/h4,6-7,11-12,15-16,40H,5,8H2,1-3H3. The number of imide groups is 4. The van der Waals surface area contributed by atoms with E-state index < -0.39 is 110 Å². The van der Waals surface area contributed by atoms with Gasteiger partial charge in [0, 0.05) is 5.92 Å². The van der Waals surface area contributed by atoms with Crippen molar-refractivity contribution in [3.63, 3.8) is 0 Å². The number of anilines is 1. The number of likely N-dealkylation sites (tertiary alicyclic amines) is 1. The molecule has 6 atom stereocenters. The van der Waals surface area contributed by atoms with Gasteiger partial charge in [-0.05, 0) is 36.5 Å². The molecule has 1 N–H and O–H groups in total. The molecule has 6 rings (SSSR count). The second kappa shape index (κ2) is 11.1. The number of fused-ring (bicyclic) bond motifs is 4. The van der Waals surface area contributed by atoms with Crippen LogP contribution in [0, 0.1) is 46.8 Å². The highest BCUT2D eigenvalue weighted by molar-refractivity contribution is 6.58. The molecule has 1 saturated carbocycles.